The zero-order valence-electron chi connectivity index (χ0n) is 34.3. The minimum atomic E-state index is -0.861. The summed E-state index contributed by atoms with van der Waals surface area (Å²) in [7, 11) is 0. The predicted octanol–water partition coefficient (Wildman–Crippen LogP) is 11.7. The van der Waals surface area contributed by atoms with E-state index in [1.165, 1.54) is 23.5 Å². The molecule has 2 aliphatic rings. The number of carbonyl (C=O) groups excluding carboxylic acids is 5. The Kier molecular flexibility index (Phi) is 17.5. The zero-order chi connectivity index (χ0) is 42.5. The second-order valence-electron chi connectivity index (χ2n) is 13.7. The van der Waals surface area contributed by atoms with Gasteiger partial charge in [0.15, 0.2) is 17.1 Å². The number of nitrogens with one attached hydrogen (secondary N) is 1. The molecule has 0 aliphatic carbocycles. The number of rotatable bonds is 19. The molecule has 2 atom stereocenters. The second-order valence-corrected chi connectivity index (χ2v) is 18.3. The number of amides is 1. The lowest BCUT2D eigenvalue weighted by molar-refractivity contribution is -0.147. The van der Waals surface area contributed by atoms with Gasteiger partial charge in [0.25, 0.3) is 5.91 Å². The maximum atomic E-state index is 14.3. The molecule has 0 fully saturated rings. The van der Waals surface area contributed by atoms with E-state index in [1.807, 2.05) is 62.4 Å². The molecular formula is C45H51NO9S4. The van der Waals surface area contributed by atoms with E-state index < -0.39 is 35.7 Å². The molecule has 0 radical (unpaired) electrons. The van der Waals surface area contributed by atoms with E-state index in [4.69, 9.17) is 18.9 Å². The minimum absolute atomic E-state index is 0.0215. The van der Waals surface area contributed by atoms with Crippen molar-refractivity contribution in [1.82, 2.24) is 0 Å². The standard InChI is InChI=1S/C45H51NO9S4/c1-7-13-21-27(9-3)40(48)54-33-35-36(57-44(56-35)31(29-23-17-15-18-24-29)39(47)46-30-25-19-16-20-26-30)34(55-41(49)28(10-4)22-14-8-2)38-37(33)58-45(59-38)32(42(50)52-11-5)43(51)53-12-6/h15-20,23-28H,7-14,21-22H2,1-6H3,(H,46,47). The molecule has 1 amide bonds. The number of esters is 4. The third-order valence-corrected chi connectivity index (χ3v) is 14.8. The van der Waals surface area contributed by atoms with Crippen LogP contribution in [0.15, 0.2) is 94.3 Å². The Balaban J connectivity index is 1.77. The number of anilines is 1. The fourth-order valence-corrected chi connectivity index (χ4v) is 11.9. The van der Waals surface area contributed by atoms with Crippen LogP contribution in [0.4, 0.5) is 5.69 Å². The maximum absolute atomic E-state index is 14.3. The lowest BCUT2D eigenvalue weighted by atomic mass is 10.00. The fraction of sp³-hybridized carbons (Fsp3) is 0.400. The SMILES string of the molecule is CCCCC(CC)C(=O)Oc1c2c(c(OC(=O)C(CC)CCCC)c3c1SC(=C(C(=O)Nc1ccccc1)c1ccccc1)S3)SC(=C(C(=O)OCC)C(=O)OCC)S2. The number of thioether (sulfide) groups is 4. The van der Waals surface area contributed by atoms with E-state index >= 15 is 0 Å². The van der Waals surface area contributed by atoms with Gasteiger partial charge in [-0.05, 0) is 57.2 Å². The summed E-state index contributed by atoms with van der Waals surface area (Å²) in [5, 5.41) is 3.03. The number of carbonyl (C=O) groups is 5. The lowest BCUT2D eigenvalue weighted by Crippen LogP contribution is -2.22. The van der Waals surface area contributed by atoms with Gasteiger partial charge in [0, 0.05) is 5.69 Å². The molecule has 0 saturated carbocycles. The summed E-state index contributed by atoms with van der Waals surface area (Å²) >= 11 is 4.62. The summed E-state index contributed by atoms with van der Waals surface area (Å²) in [6, 6.07) is 18.4. The van der Waals surface area contributed by atoms with Crippen LogP contribution < -0.4 is 14.8 Å². The Labute approximate surface area is 363 Å². The van der Waals surface area contributed by atoms with E-state index in [0.717, 1.165) is 49.2 Å². The van der Waals surface area contributed by atoms with Gasteiger partial charge in [-0.3, -0.25) is 14.4 Å². The maximum Gasteiger partial charge on any atom is 0.347 e. The van der Waals surface area contributed by atoms with E-state index in [9.17, 15) is 24.0 Å². The molecule has 59 heavy (non-hydrogen) atoms. The van der Waals surface area contributed by atoms with E-state index in [-0.39, 0.29) is 40.4 Å². The van der Waals surface area contributed by atoms with Crippen molar-refractivity contribution in [3.05, 3.63) is 80.3 Å². The van der Waals surface area contributed by atoms with Gasteiger partial charge in [0.2, 0.25) is 0 Å². The minimum Gasteiger partial charge on any atom is -0.462 e. The largest absolute Gasteiger partial charge is 0.462 e. The van der Waals surface area contributed by atoms with Gasteiger partial charge in [-0.1, -0.05) is 149 Å². The number of ether oxygens (including phenoxy) is 4. The molecular weight excluding hydrogens is 827 g/mol. The van der Waals surface area contributed by atoms with Crippen LogP contribution in [0.2, 0.25) is 0 Å². The Hall–Kier alpha value is -4.11. The number of para-hydroxylation sites is 1. The molecule has 2 heterocycles. The molecule has 314 valence electrons. The van der Waals surface area contributed by atoms with Crippen LogP contribution in [0.3, 0.4) is 0 Å². The van der Waals surface area contributed by atoms with Crippen molar-refractivity contribution in [2.75, 3.05) is 18.5 Å². The van der Waals surface area contributed by atoms with Crippen molar-refractivity contribution in [2.24, 2.45) is 11.8 Å². The Morgan fingerprint density at radius 1 is 0.576 bits per heavy atom. The third-order valence-electron chi connectivity index (χ3n) is 9.57. The van der Waals surface area contributed by atoms with Crippen molar-refractivity contribution in [3.63, 3.8) is 0 Å². The number of unbranched alkanes of at least 4 members (excludes halogenated alkanes) is 2. The van der Waals surface area contributed by atoms with E-state index in [2.05, 4.69) is 19.2 Å². The average molecular weight is 878 g/mol. The molecule has 5 rings (SSSR count). The normalized spacial score (nSPS) is 13.8. The molecule has 0 bridgehead atoms. The van der Waals surface area contributed by atoms with Crippen molar-refractivity contribution in [1.29, 1.82) is 0 Å². The van der Waals surface area contributed by atoms with Crippen LogP contribution in [0.5, 0.6) is 11.5 Å². The first-order chi connectivity index (χ1) is 28.6. The van der Waals surface area contributed by atoms with Crippen molar-refractivity contribution >= 4 is 88.1 Å². The summed E-state index contributed by atoms with van der Waals surface area (Å²) < 4.78 is 24.3. The molecule has 0 spiro atoms. The van der Waals surface area contributed by atoms with Crippen molar-refractivity contribution < 1.29 is 42.9 Å². The summed E-state index contributed by atoms with van der Waals surface area (Å²) in [5.41, 5.74) is 1.35. The Bertz CT molecular complexity index is 1990. The first kappa shape index (κ1) is 46.0. The van der Waals surface area contributed by atoms with Crippen LogP contribution in [0, 0.1) is 11.8 Å². The number of hydrogen-bond acceptors (Lipinski definition) is 13. The summed E-state index contributed by atoms with van der Waals surface area (Å²) in [4.78, 5) is 71.1. The van der Waals surface area contributed by atoms with Gasteiger partial charge in [0.1, 0.15) is 0 Å². The Morgan fingerprint density at radius 3 is 1.41 bits per heavy atom. The molecule has 0 saturated heterocycles. The molecule has 3 aromatic rings. The molecule has 0 aromatic heterocycles. The van der Waals surface area contributed by atoms with Gasteiger partial charge in [-0.2, -0.15) is 0 Å². The average Bonchev–Trinajstić information content (AvgIpc) is 3.86. The molecule has 2 aliphatic heterocycles. The number of fused-ring (bicyclic) bond motifs is 2. The number of hydrogen-bond donors (Lipinski definition) is 1. The summed E-state index contributed by atoms with van der Waals surface area (Å²) in [6.07, 6.45) is 5.88. The van der Waals surface area contributed by atoms with Crippen molar-refractivity contribution in [3.8, 4) is 11.5 Å². The zero-order valence-corrected chi connectivity index (χ0v) is 37.6. The topological polar surface area (TPSA) is 134 Å². The van der Waals surface area contributed by atoms with Crippen LogP contribution in [-0.4, -0.2) is 43.0 Å². The van der Waals surface area contributed by atoms with Gasteiger partial charge >= 0.3 is 23.9 Å². The van der Waals surface area contributed by atoms with Crippen LogP contribution in [0.25, 0.3) is 5.57 Å². The van der Waals surface area contributed by atoms with Crippen LogP contribution in [0.1, 0.15) is 98.5 Å². The molecule has 10 nitrogen and oxygen atoms in total. The fourth-order valence-electron chi connectivity index (χ4n) is 6.36. The highest BCUT2D eigenvalue weighted by atomic mass is 32.2. The molecule has 2 unspecified atom stereocenters. The van der Waals surface area contributed by atoms with Gasteiger partial charge in [0.05, 0.1) is 58.7 Å². The van der Waals surface area contributed by atoms with Gasteiger partial charge in [-0.25, -0.2) is 9.59 Å². The monoisotopic (exact) mass is 877 g/mol. The predicted molar refractivity (Wildman–Crippen MR) is 236 cm³/mol. The van der Waals surface area contributed by atoms with E-state index in [0.29, 0.717) is 66.3 Å². The molecule has 3 aromatic carbocycles. The first-order valence-corrected chi connectivity index (χ1v) is 23.5. The molecule has 1 N–H and O–H groups in total. The first-order valence-electron chi connectivity index (χ1n) is 20.2. The van der Waals surface area contributed by atoms with Gasteiger partial charge in [-0.15, -0.1) is 0 Å². The van der Waals surface area contributed by atoms with Crippen molar-refractivity contribution in [2.45, 2.75) is 112 Å². The summed E-state index contributed by atoms with van der Waals surface area (Å²) in [6.45, 7) is 11.3. The summed E-state index contributed by atoms with van der Waals surface area (Å²) in [5.74, 6) is -3.30. The highest BCUT2D eigenvalue weighted by Crippen LogP contribution is 2.69. The smallest absolute Gasteiger partial charge is 0.347 e. The highest BCUT2D eigenvalue weighted by molar-refractivity contribution is 8.26. The quantitative estimate of drug-likeness (QED) is 0.0403. The number of benzene rings is 3. The second kappa shape index (κ2) is 22.5. The highest BCUT2D eigenvalue weighted by Gasteiger charge is 2.43. The van der Waals surface area contributed by atoms with E-state index in [1.54, 1.807) is 26.0 Å². The van der Waals surface area contributed by atoms with Crippen LogP contribution >= 0.6 is 47.0 Å². The third kappa shape index (κ3) is 11.2. The Morgan fingerprint density at radius 2 is 1.00 bits per heavy atom. The van der Waals surface area contributed by atoms with Crippen LogP contribution in [-0.2, 0) is 33.4 Å². The van der Waals surface area contributed by atoms with Gasteiger partial charge < -0.3 is 24.3 Å². The molecule has 14 heteroatoms. The lowest BCUT2D eigenvalue weighted by Gasteiger charge is -2.20.